The van der Waals surface area contributed by atoms with Crippen LogP contribution in [0.1, 0.15) is 25.3 Å². The van der Waals surface area contributed by atoms with Crippen molar-refractivity contribution in [3.8, 4) is 0 Å². The van der Waals surface area contributed by atoms with Crippen molar-refractivity contribution in [2.45, 2.75) is 35.8 Å². The largest absolute Gasteiger partial charge is 0.456 e. The number of benzene rings is 1. The molecule has 2 aliphatic carbocycles. The summed E-state index contributed by atoms with van der Waals surface area (Å²) in [6.45, 7) is 1.62. The monoisotopic (exact) mass is 554 g/mol. The molecular formula is C22H24Br2N2O5. The minimum atomic E-state index is -0.617. The first-order chi connectivity index (χ1) is 14.8. The second-order valence-electron chi connectivity index (χ2n) is 8.34. The second kappa shape index (κ2) is 9.02. The molecule has 2 saturated carbocycles. The minimum absolute atomic E-state index is 0.0110. The first-order valence-electron chi connectivity index (χ1n) is 10.5. The van der Waals surface area contributed by atoms with Crippen molar-refractivity contribution < 1.29 is 23.9 Å². The van der Waals surface area contributed by atoms with Crippen LogP contribution in [0, 0.1) is 23.7 Å². The van der Waals surface area contributed by atoms with E-state index in [0.29, 0.717) is 5.69 Å². The van der Waals surface area contributed by atoms with E-state index in [9.17, 15) is 19.2 Å². The number of aryl methyl sites for hydroxylation is 1. The number of nitrogens with one attached hydrogen (secondary N) is 1. The van der Waals surface area contributed by atoms with Crippen molar-refractivity contribution >= 4 is 61.2 Å². The van der Waals surface area contributed by atoms with Gasteiger partial charge in [0.2, 0.25) is 11.8 Å². The maximum atomic E-state index is 12.8. The molecule has 4 rings (SSSR count). The van der Waals surface area contributed by atoms with Crippen molar-refractivity contribution in [3.05, 3.63) is 29.8 Å². The number of hydrogen-bond donors (Lipinski definition) is 1. The molecule has 0 unspecified atom stereocenters. The van der Waals surface area contributed by atoms with Gasteiger partial charge in [0.25, 0.3) is 5.91 Å². The Bertz CT molecular complexity index is 874. The number of fused-ring (bicyclic) bond motifs is 5. The molecule has 3 amide bonds. The van der Waals surface area contributed by atoms with Crippen LogP contribution in [0.5, 0.6) is 0 Å². The molecule has 1 aliphatic heterocycles. The fourth-order valence-electron chi connectivity index (χ4n) is 5.07. The van der Waals surface area contributed by atoms with Crippen LogP contribution in [0.4, 0.5) is 5.69 Å². The summed E-state index contributed by atoms with van der Waals surface area (Å²) in [4.78, 5) is 51.3. The lowest BCUT2D eigenvalue weighted by Gasteiger charge is -2.28. The molecule has 0 spiro atoms. The Morgan fingerprint density at radius 2 is 1.65 bits per heavy atom. The van der Waals surface area contributed by atoms with Crippen LogP contribution in [0.2, 0.25) is 0 Å². The van der Waals surface area contributed by atoms with Gasteiger partial charge in [-0.1, -0.05) is 50.9 Å². The molecule has 1 aromatic rings. The molecule has 2 bridgehead atoms. The number of hydrogen-bond acceptors (Lipinski definition) is 5. The van der Waals surface area contributed by atoms with Crippen LogP contribution in [0.25, 0.3) is 0 Å². The number of carbonyl (C=O) groups is 4. The second-order valence-corrected chi connectivity index (χ2v) is 10.5. The van der Waals surface area contributed by atoms with Gasteiger partial charge in [0, 0.05) is 21.9 Å². The average Bonchev–Trinajstić information content (AvgIpc) is 3.36. The smallest absolute Gasteiger partial charge is 0.308 e. The van der Waals surface area contributed by atoms with Crippen LogP contribution in [-0.2, 0) is 30.3 Å². The highest BCUT2D eigenvalue weighted by Crippen LogP contribution is 2.60. The number of amides is 3. The zero-order valence-electron chi connectivity index (χ0n) is 17.1. The normalized spacial score (nSPS) is 31.1. The molecular weight excluding hydrogens is 532 g/mol. The van der Waals surface area contributed by atoms with E-state index in [4.69, 9.17) is 4.74 Å². The molecule has 1 N–H and O–H groups in total. The van der Waals surface area contributed by atoms with Gasteiger partial charge in [-0.3, -0.25) is 24.1 Å². The zero-order chi connectivity index (χ0) is 22.3. The minimum Gasteiger partial charge on any atom is -0.456 e. The third kappa shape index (κ3) is 4.18. The molecule has 1 heterocycles. The summed E-state index contributed by atoms with van der Waals surface area (Å²) in [7, 11) is 0. The Balaban J connectivity index is 1.24. The summed E-state index contributed by atoms with van der Waals surface area (Å²) >= 11 is 7.30. The van der Waals surface area contributed by atoms with Gasteiger partial charge in [0.15, 0.2) is 6.61 Å². The summed E-state index contributed by atoms with van der Waals surface area (Å²) < 4.78 is 5.02. The Kier molecular flexibility index (Phi) is 6.53. The lowest BCUT2D eigenvalue weighted by Crippen LogP contribution is -2.37. The highest BCUT2D eigenvalue weighted by molar-refractivity contribution is 9.12. The van der Waals surface area contributed by atoms with Gasteiger partial charge < -0.3 is 10.1 Å². The van der Waals surface area contributed by atoms with E-state index >= 15 is 0 Å². The van der Waals surface area contributed by atoms with Gasteiger partial charge >= 0.3 is 5.97 Å². The summed E-state index contributed by atoms with van der Waals surface area (Å²) in [5.74, 6) is -1.74. The maximum Gasteiger partial charge on any atom is 0.308 e. The molecule has 166 valence electrons. The van der Waals surface area contributed by atoms with Crippen LogP contribution >= 0.6 is 31.9 Å². The van der Waals surface area contributed by atoms with Crippen LogP contribution in [-0.4, -0.2) is 51.4 Å². The number of imide groups is 1. The lowest BCUT2D eigenvalue weighted by atomic mass is 9.81. The number of halogens is 2. The first kappa shape index (κ1) is 22.5. The summed E-state index contributed by atoms with van der Waals surface area (Å²) in [5, 5.41) is 2.67. The Morgan fingerprint density at radius 1 is 1.06 bits per heavy atom. The van der Waals surface area contributed by atoms with Gasteiger partial charge in [0.1, 0.15) is 0 Å². The van der Waals surface area contributed by atoms with E-state index in [1.54, 1.807) is 12.1 Å². The molecule has 3 fully saturated rings. The van der Waals surface area contributed by atoms with E-state index < -0.39 is 18.5 Å². The Morgan fingerprint density at radius 3 is 2.19 bits per heavy atom. The van der Waals surface area contributed by atoms with E-state index in [1.807, 2.05) is 19.1 Å². The maximum absolute atomic E-state index is 12.8. The molecule has 7 nitrogen and oxygen atoms in total. The SMILES string of the molecule is CCc1ccc(NC(=O)COC(=O)CCN2C(=O)[C@@H]3[C@H]4C[C@@H]([C@H](Br)[C@H]4Br)[C@@H]3C2=O)cc1. The number of rotatable bonds is 7. The Hall–Kier alpha value is -1.74. The number of ether oxygens (including phenoxy) is 1. The predicted octanol–water partition coefficient (Wildman–Crippen LogP) is 2.90. The van der Waals surface area contributed by atoms with Gasteiger partial charge in [-0.2, -0.15) is 0 Å². The zero-order valence-corrected chi connectivity index (χ0v) is 20.2. The molecule has 1 saturated heterocycles. The predicted molar refractivity (Wildman–Crippen MR) is 121 cm³/mol. The standard InChI is InChI=1S/C22H24Br2N2O5/c1-2-11-3-5-12(6-4-11)25-15(27)10-31-16(28)7-8-26-21(29)17-13-9-14(18(17)22(26)30)20(24)19(13)23/h3-6,13-14,17-20H,2,7-10H2,1H3,(H,25,27)/t13-,14-,17-,18+,19+,20+/m1/s1. The first-order valence-corrected chi connectivity index (χ1v) is 12.3. The Labute approximate surface area is 197 Å². The number of nitrogens with zero attached hydrogens (tertiary/aromatic N) is 1. The highest BCUT2D eigenvalue weighted by Gasteiger charge is 2.66. The number of anilines is 1. The number of likely N-dealkylation sites (tertiary alicyclic amines) is 1. The van der Waals surface area contributed by atoms with Crippen molar-refractivity contribution in [1.82, 2.24) is 4.90 Å². The van der Waals surface area contributed by atoms with E-state index in [-0.39, 0.29) is 58.1 Å². The van der Waals surface area contributed by atoms with Crippen molar-refractivity contribution in [2.75, 3.05) is 18.5 Å². The summed E-state index contributed by atoms with van der Waals surface area (Å²) in [6.07, 6.45) is 1.65. The molecule has 1 aromatic carbocycles. The van der Waals surface area contributed by atoms with E-state index in [2.05, 4.69) is 37.2 Å². The lowest BCUT2D eigenvalue weighted by molar-refractivity contribution is -0.149. The fourth-order valence-corrected chi connectivity index (χ4v) is 6.95. The molecule has 6 atom stereocenters. The van der Waals surface area contributed by atoms with Crippen molar-refractivity contribution in [2.24, 2.45) is 23.7 Å². The topological polar surface area (TPSA) is 92.8 Å². The quantitative estimate of drug-likeness (QED) is 0.317. The molecule has 0 aromatic heterocycles. The average molecular weight is 556 g/mol. The van der Waals surface area contributed by atoms with E-state index in [0.717, 1.165) is 18.4 Å². The van der Waals surface area contributed by atoms with E-state index in [1.165, 1.54) is 4.90 Å². The molecule has 0 radical (unpaired) electrons. The molecule has 31 heavy (non-hydrogen) atoms. The fraction of sp³-hybridized carbons (Fsp3) is 0.545. The van der Waals surface area contributed by atoms with Crippen molar-refractivity contribution in [3.63, 3.8) is 0 Å². The van der Waals surface area contributed by atoms with Crippen molar-refractivity contribution in [1.29, 1.82) is 0 Å². The molecule has 3 aliphatic rings. The number of esters is 1. The van der Waals surface area contributed by atoms with Gasteiger partial charge in [-0.05, 0) is 42.4 Å². The van der Waals surface area contributed by atoms with Crippen LogP contribution in [0.3, 0.4) is 0 Å². The summed E-state index contributed by atoms with van der Waals surface area (Å²) in [5.41, 5.74) is 1.79. The highest BCUT2D eigenvalue weighted by atomic mass is 79.9. The summed E-state index contributed by atoms with van der Waals surface area (Å²) in [6, 6.07) is 7.43. The third-order valence-corrected chi connectivity index (χ3v) is 9.83. The third-order valence-electron chi connectivity index (χ3n) is 6.63. The van der Waals surface area contributed by atoms with Gasteiger partial charge in [0.05, 0.1) is 18.3 Å². The van der Waals surface area contributed by atoms with Crippen LogP contribution in [0.15, 0.2) is 24.3 Å². The van der Waals surface area contributed by atoms with Gasteiger partial charge in [-0.25, -0.2) is 0 Å². The van der Waals surface area contributed by atoms with Gasteiger partial charge in [-0.15, -0.1) is 0 Å². The molecule has 9 heteroatoms. The number of carbonyl (C=O) groups excluding carboxylic acids is 4. The van der Waals surface area contributed by atoms with Crippen LogP contribution < -0.4 is 5.32 Å². The number of alkyl halides is 2.